The van der Waals surface area contributed by atoms with Gasteiger partial charge in [0.2, 0.25) is 0 Å². The maximum Gasteiger partial charge on any atom is 0.118 e. The van der Waals surface area contributed by atoms with Crippen molar-refractivity contribution < 1.29 is 5.11 Å². The van der Waals surface area contributed by atoms with Gasteiger partial charge >= 0.3 is 0 Å². The van der Waals surface area contributed by atoms with Gasteiger partial charge in [0, 0.05) is 16.8 Å². The number of anilines is 1. The van der Waals surface area contributed by atoms with Gasteiger partial charge in [-0.25, -0.2) is 0 Å². The SMILES string of the molecule is Cc1cc(NC2CC(c3ccccc3Cl)C2)c(C)cc1O. The fourth-order valence-electron chi connectivity index (χ4n) is 2.97. The molecule has 0 aliphatic heterocycles. The molecule has 1 saturated carbocycles. The molecule has 3 rings (SSSR count). The van der Waals surface area contributed by atoms with E-state index in [1.165, 1.54) is 5.56 Å². The summed E-state index contributed by atoms with van der Waals surface area (Å²) in [5.41, 5.74) is 4.37. The summed E-state index contributed by atoms with van der Waals surface area (Å²) in [7, 11) is 0. The first kappa shape index (κ1) is 14.3. The molecular formula is C18H20ClNO. The van der Waals surface area contributed by atoms with E-state index in [4.69, 9.17) is 11.6 Å². The summed E-state index contributed by atoms with van der Waals surface area (Å²) in [6.07, 6.45) is 2.20. The summed E-state index contributed by atoms with van der Waals surface area (Å²) < 4.78 is 0. The van der Waals surface area contributed by atoms with E-state index in [2.05, 4.69) is 17.4 Å². The number of rotatable bonds is 3. The average molecular weight is 302 g/mol. The zero-order valence-electron chi connectivity index (χ0n) is 12.4. The highest BCUT2D eigenvalue weighted by Gasteiger charge is 2.31. The number of phenolic OH excluding ortho intramolecular Hbond substituents is 1. The van der Waals surface area contributed by atoms with Crippen molar-refractivity contribution in [2.75, 3.05) is 5.32 Å². The third-order valence-electron chi connectivity index (χ3n) is 4.39. The van der Waals surface area contributed by atoms with Crippen molar-refractivity contribution >= 4 is 17.3 Å². The van der Waals surface area contributed by atoms with Gasteiger partial charge in [0.15, 0.2) is 0 Å². The van der Waals surface area contributed by atoms with E-state index >= 15 is 0 Å². The Hall–Kier alpha value is -1.67. The lowest BCUT2D eigenvalue weighted by molar-refractivity contribution is 0.374. The third kappa shape index (κ3) is 2.86. The molecule has 0 atom stereocenters. The lowest BCUT2D eigenvalue weighted by Crippen LogP contribution is -2.34. The van der Waals surface area contributed by atoms with Gasteiger partial charge in [0.25, 0.3) is 0 Å². The summed E-state index contributed by atoms with van der Waals surface area (Å²) in [5.74, 6) is 0.912. The van der Waals surface area contributed by atoms with Crippen LogP contribution in [-0.4, -0.2) is 11.1 Å². The molecule has 0 spiro atoms. The van der Waals surface area contributed by atoms with E-state index in [9.17, 15) is 5.11 Å². The number of phenols is 1. The van der Waals surface area contributed by atoms with Gasteiger partial charge in [0.05, 0.1) is 0 Å². The molecule has 0 aromatic heterocycles. The summed E-state index contributed by atoms with van der Waals surface area (Å²) >= 11 is 6.25. The van der Waals surface area contributed by atoms with Crippen LogP contribution in [0.3, 0.4) is 0 Å². The second-order valence-electron chi connectivity index (χ2n) is 5.98. The van der Waals surface area contributed by atoms with Crippen molar-refractivity contribution in [3.05, 3.63) is 58.1 Å². The van der Waals surface area contributed by atoms with Crippen molar-refractivity contribution in [2.24, 2.45) is 0 Å². The Kier molecular flexibility index (Phi) is 3.81. The maximum atomic E-state index is 9.71. The van der Waals surface area contributed by atoms with Crippen LogP contribution in [0.2, 0.25) is 5.02 Å². The first-order chi connectivity index (χ1) is 10.0. The number of hydrogen-bond donors (Lipinski definition) is 2. The van der Waals surface area contributed by atoms with Crippen molar-refractivity contribution in [3.8, 4) is 5.75 Å². The van der Waals surface area contributed by atoms with Gasteiger partial charge in [-0.2, -0.15) is 0 Å². The van der Waals surface area contributed by atoms with Gasteiger partial charge in [-0.15, -0.1) is 0 Å². The van der Waals surface area contributed by atoms with Crippen LogP contribution in [0.5, 0.6) is 5.75 Å². The van der Waals surface area contributed by atoms with E-state index in [0.29, 0.717) is 17.7 Å². The zero-order chi connectivity index (χ0) is 15.0. The van der Waals surface area contributed by atoms with Crippen LogP contribution in [0.25, 0.3) is 0 Å². The normalized spacial score (nSPS) is 20.9. The molecule has 110 valence electrons. The Balaban J connectivity index is 1.65. The van der Waals surface area contributed by atoms with Crippen molar-refractivity contribution in [1.29, 1.82) is 0 Å². The zero-order valence-corrected chi connectivity index (χ0v) is 13.1. The molecule has 0 saturated heterocycles. The molecule has 3 heteroatoms. The molecule has 1 aliphatic carbocycles. The molecule has 21 heavy (non-hydrogen) atoms. The molecular weight excluding hydrogens is 282 g/mol. The molecule has 0 unspecified atom stereocenters. The van der Waals surface area contributed by atoms with Crippen LogP contribution in [0.4, 0.5) is 5.69 Å². The number of benzene rings is 2. The fraction of sp³-hybridized carbons (Fsp3) is 0.333. The minimum atomic E-state index is 0.362. The smallest absolute Gasteiger partial charge is 0.118 e. The molecule has 2 aromatic rings. The lowest BCUT2D eigenvalue weighted by Gasteiger charge is -2.37. The van der Waals surface area contributed by atoms with E-state index in [1.807, 2.05) is 38.1 Å². The average Bonchev–Trinajstić information content (AvgIpc) is 2.40. The van der Waals surface area contributed by atoms with Crippen molar-refractivity contribution in [2.45, 2.75) is 38.6 Å². The highest BCUT2D eigenvalue weighted by molar-refractivity contribution is 6.31. The van der Waals surface area contributed by atoms with Crippen LogP contribution in [0.15, 0.2) is 36.4 Å². The second-order valence-corrected chi connectivity index (χ2v) is 6.39. The molecule has 0 radical (unpaired) electrons. The molecule has 0 amide bonds. The molecule has 2 aromatic carbocycles. The minimum Gasteiger partial charge on any atom is -0.508 e. The standard InChI is InChI=1S/C18H20ClNO/c1-11-8-18(21)12(2)7-17(11)20-14-9-13(10-14)15-5-3-4-6-16(15)19/h3-8,13-14,20-21H,9-10H2,1-2H3. The molecule has 0 heterocycles. The van der Waals surface area contributed by atoms with E-state index < -0.39 is 0 Å². The minimum absolute atomic E-state index is 0.362. The van der Waals surface area contributed by atoms with Crippen LogP contribution in [0.1, 0.15) is 35.4 Å². The molecule has 2 N–H and O–H groups in total. The number of halogens is 1. The lowest BCUT2D eigenvalue weighted by atomic mass is 9.75. The Morgan fingerprint density at radius 3 is 2.52 bits per heavy atom. The molecule has 2 nitrogen and oxygen atoms in total. The van der Waals surface area contributed by atoms with Gasteiger partial charge in [0.1, 0.15) is 5.75 Å². The van der Waals surface area contributed by atoms with Gasteiger partial charge in [-0.1, -0.05) is 29.8 Å². The predicted octanol–water partition coefficient (Wildman–Crippen LogP) is 5.02. The summed E-state index contributed by atoms with van der Waals surface area (Å²) in [4.78, 5) is 0. The molecule has 1 aliphatic rings. The Morgan fingerprint density at radius 1 is 1.10 bits per heavy atom. The van der Waals surface area contributed by atoms with E-state index in [0.717, 1.165) is 34.7 Å². The highest BCUT2D eigenvalue weighted by atomic mass is 35.5. The number of nitrogens with one attached hydrogen (secondary N) is 1. The van der Waals surface area contributed by atoms with Crippen LogP contribution in [0, 0.1) is 13.8 Å². The summed E-state index contributed by atoms with van der Waals surface area (Å²) in [6.45, 7) is 3.94. The second kappa shape index (κ2) is 5.61. The Morgan fingerprint density at radius 2 is 1.81 bits per heavy atom. The van der Waals surface area contributed by atoms with E-state index in [-0.39, 0.29) is 0 Å². The largest absolute Gasteiger partial charge is 0.508 e. The monoisotopic (exact) mass is 301 g/mol. The topological polar surface area (TPSA) is 32.3 Å². The van der Waals surface area contributed by atoms with Crippen LogP contribution >= 0.6 is 11.6 Å². The highest BCUT2D eigenvalue weighted by Crippen LogP contribution is 2.41. The van der Waals surface area contributed by atoms with Crippen molar-refractivity contribution in [3.63, 3.8) is 0 Å². The Labute approximate surface area is 130 Å². The number of aryl methyl sites for hydroxylation is 2. The number of aromatic hydroxyl groups is 1. The quantitative estimate of drug-likeness (QED) is 0.780. The van der Waals surface area contributed by atoms with Crippen LogP contribution in [-0.2, 0) is 0 Å². The maximum absolute atomic E-state index is 9.71. The first-order valence-corrected chi connectivity index (χ1v) is 7.73. The summed E-state index contributed by atoms with van der Waals surface area (Å²) in [5, 5.41) is 14.2. The molecule has 0 bridgehead atoms. The van der Waals surface area contributed by atoms with Gasteiger partial charge < -0.3 is 10.4 Å². The van der Waals surface area contributed by atoms with Crippen LogP contribution < -0.4 is 5.32 Å². The van der Waals surface area contributed by atoms with Gasteiger partial charge in [-0.05, 0) is 67.5 Å². The summed E-state index contributed by atoms with van der Waals surface area (Å²) in [6, 6.07) is 12.4. The molecule has 1 fully saturated rings. The Bertz CT molecular complexity index is 662. The van der Waals surface area contributed by atoms with E-state index in [1.54, 1.807) is 0 Å². The predicted molar refractivity (Wildman–Crippen MR) is 88.4 cm³/mol. The third-order valence-corrected chi connectivity index (χ3v) is 4.73. The fourth-order valence-corrected chi connectivity index (χ4v) is 3.26. The first-order valence-electron chi connectivity index (χ1n) is 7.35. The number of hydrogen-bond acceptors (Lipinski definition) is 2. The van der Waals surface area contributed by atoms with Crippen molar-refractivity contribution in [1.82, 2.24) is 0 Å². The van der Waals surface area contributed by atoms with Gasteiger partial charge in [-0.3, -0.25) is 0 Å².